The monoisotopic (exact) mass is 223 g/mol. The van der Waals surface area contributed by atoms with Gasteiger partial charge >= 0.3 is 0 Å². The third-order valence-corrected chi connectivity index (χ3v) is 2.98. The van der Waals surface area contributed by atoms with E-state index in [1.165, 1.54) is 25.7 Å². The number of nitrogens with zero attached hydrogens (tertiary/aromatic N) is 2. The Hall–Kier alpha value is -1.59. The van der Waals surface area contributed by atoms with Crippen molar-refractivity contribution < 1.29 is 4.79 Å². The lowest BCUT2D eigenvalue weighted by Gasteiger charge is -2.14. The zero-order valence-electron chi connectivity index (χ0n) is 9.20. The number of carbonyl (C=O) groups excluding carboxylic acids is 1. The Morgan fingerprint density at radius 3 is 2.50 bits per heavy atom. The van der Waals surface area contributed by atoms with Crippen molar-refractivity contribution in [3.8, 4) is 0 Å². The van der Waals surface area contributed by atoms with Crippen molar-refractivity contribution in [1.82, 2.24) is 20.7 Å². The number of carbonyl (C=O) groups is 1. The number of nitrogens with one attached hydrogen (secondary N) is 2. The SMILES string of the molecule is Nc1n[nH]nc1C(=O)NC1CCCCCC1. The molecule has 0 saturated heterocycles. The zero-order valence-corrected chi connectivity index (χ0v) is 9.20. The first-order valence-electron chi connectivity index (χ1n) is 5.74. The van der Waals surface area contributed by atoms with Crippen LogP contribution in [0.1, 0.15) is 49.0 Å². The molecule has 0 unspecified atom stereocenters. The van der Waals surface area contributed by atoms with Crippen LogP contribution in [0.15, 0.2) is 0 Å². The van der Waals surface area contributed by atoms with Crippen LogP contribution >= 0.6 is 0 Å². The fourth-order valence-corrected chi connectivity index (χ4v) is 2.08. The van der Waals surface area contributed by atoms with Crippen LogP contribution < -0.4 is 11.1 Å². The Morgan fingerprint density at radius 2 is 1.94 bits per heavy atom. The van der Waals surface area contributed by atoms with E-state index in [1.807, 2.05) is 0 Å². The summed E-state index contributed by atoms with van der Waals surface area (Å²) in [6, 6.07) is 0.256. The standard InChI is InChI=1S/C10H17N5O/c11-9-8(13-15-14-9)10(16)12-7-5-3-1-2-4-6-7/h7H,1-6H2,(H,12,16)(H3,11,13,14,15). The normalized spacial score (nSPS) is 18.0. The molecule has 88 valence electrons. The Labute approximate surface area is 94.0 Å². The molecule has 0 spiro atoms. The van der Waals surface area contributed by atoms with Gasteiger partial charge in [0.1, 0.15) is 0 Å². The summed E-state index contributed by atoms with van der Waals surface area (Å²) in [6.07, 6.45) is 6.97. The van der Waals surface area contributed by atoms with Crippen molar-refractivity contribution in [2.75, 3.05) is 5.73 Å². The van der Waals surface area contributed by atoms with Gasteiger partial charge in [-0.05, 0) is 12.8 Å². The number of hydrogen-bond donors (Lipinski definition) is 3. The molecular formula is C10H17N5O. The van der Waals surface area contributed by atoms with Crippen molar-refractivity contribution in [2.24, 2.45) is 0 Å². The first kappa shape index (κ1) is 10.9. The van der Waals surface area contributed by atoms with E-state index in [0.717, 1.165) is 12.8 Å². The van der Waals surface area contributed by atoms with Crippen molar-refractivity contribution in [3.63, 3.8) is 0 Å². The van der Waals surface area contributed by atoms with Crippen LogP contribution in [0.5, 0.6) is 0 Å². The zero-order chi connectivity index (χ0) is 11.4. The van der Waals surface area contributed by atoms with E-state index >= 15 is 0 Å². The molecule has 1 aromatic rings. The largest absolute Gasteiger partial charge is 0.380 e. The van der Waals surface area contributed by atoms with Gasteiger partial charge in [-0.1, -0.05) is 25.7 Å². The molecule has 4 N–H and O–H groups in total. The molecule has 1 aliphatic carbocycles. The summed E-state index contributed by atoms with van der Waals surface area (Å²) in [4.78, 5) is 11.8. The summed E-state index contributed by atoms with van der Waals surface area (Å²) in [5.41, 5.74) is 5.71. The second kappa shape index (κ2) is 4.96. The van der Waals surface area contributed by atoms with Crippen LogP contribution in [0.2, 0.25) is 0 Å². The number of nitrogen functional groups attached to an aromatic ring is 1. The van der Waals surface area contributed by atoms with E-state index in [1.54, 1.807) is 0 Å². The molecule has 0 atom stereocenters. The average molecular weight is 223 g/mol. The predicted octanol–water partition coefficient (Wildman–Crippen LogP) is 0.839. The van der Waals surface area contributed by atoms with Gasteiger partial charge in [-0.2, -0.15) is 5.21 Å². The molecule has 0 radical (unpaired) electrons. The number of rotatable bonds is 2. The highest BCUT2D eigenvalue weighted by molar-refractivity contribution is 5.96. The number of nitrogens with two attached hydrogens (primary N) is 1. The lowest BCUT2D eigenvalue weighted by Crippen LogP contribution is -2.35. The molecule has 2 rings (SSSR count). The first-order chi connectivity index (χ1) is 7.77. The number of amides is 1. The van der Waals surface area contributed by atoms with Gasteiger partial charge in [0.05, 0.1) is 0 Å². The minimum Gasteiger partial charge on any atom is -0.380 e. The summed E-state index contributed by atoms with van der Waals surface area (Å²) >= 11 is 0. The fraction of sp³-hybridized carbons (Fsp3) is 0.700. The van der Waals surface area contributed by atoms with Crippen LogP contribution in [0.4, 0.5) is 5.82 Å². The molecule has 1 heterocycles. The molecule has 16 heavy (non-hydrogen) atoms. The maximum atomic E-state index is 11.8. The minimum absolute atomic E-state index is 0.158. The maximum Gasteiger partial charge on any atom is 0.275 e. The summed E-state index contributed by atoms with van der Waals surface area (Å²) in [7, 11) is 0. The number of H-pyrrole nitrogens is 1. The van der Waals surface area contributed by atoms with Crippen LogP contribution in [0.3, 0.4) is 0 Å². The summed E-state index contributed by atoms with van der Waals surface area (Å²) in [6.45, 7) is 0. The second-order valence-electron chi connectivity index (χ2n) is 4.22. The first-order valence-corrected chi connectivity index (χ1v) is 5.74. The molecule has 1 aromatic heterocycles. The third-order valence-electron chi connectivity index (χ3n) is 2.98. The van der Waals surface area contributed by atoms with Gasteiger partial charge in [-0.25, -0.2) is 0 Å². The molecule has 1 aliphatic rings. The average Bonchev–Trinajstić information content (AvgIpc) is 2.53. The molecule has 0 aliphatic heterocycles. The van der Waals surface area contributed by atoms with Gasteiger partial charge in [0.25, 0.3) is 5.91 Å². The molecule has 6 nitrogen and oxygen atoms in total. The van der Waals surface area contributed by atoms with Crippen molar-refractivity contribution in [2.45, 2.75) is 44.6 Å². The van der Waals surface area contributed by atoms with Gasteiger partial charge in [0.2, 0.25) is 0 Å². The highest BCUT2D eigenvalue weighted by Gasteiger charge is 2.19. The van der Waals surface area contributed by atoms with Crippen molar-refractivity contribution >= 4 is 11.7 Å². The maximum absolute atomic E-state index is 11.8. The highest BCUT2D eigenvalue weighted by atomic mass is 16.2. The Kier molecular flexibility index (Phi) is 3.38. The summed E-state index contributed by atoms with van der Waals surface area (Å²) in [5.74, 6) is -0.0655. The molecule has 6 heteroatoms. The molecule has 0 bridgehead atoms. The van der Waals surface area contributed by atoms with E-state index in [9.17, 15) is 4.79 Å². The van der Waals surface area contributed by atoms with Crippen LogP contribution in [0, 0.1) is 0 Å². The molecule has 1 fully saturated rings. The molecule has 0 aromatic carbocycles. The number of aromatic amines is 1. The quantitative estimate of drug-likeness (QED) is 0.647. The smallest absolute Gasteiger partial charge is 0.275 e. The van der Waals surface area contributed by atoms with E-state index in [4.69, 9.17) is 5.73 Å². The Bertz CT molecular complexity index is 354. The van der Waals surface area contributed by atoms with E-state index in [0.29, 0.717) is 0 Å². The fourth-order valence-electron chi connectivity index (χ4n) is 2.08. The third kappa shape index (κ3) is 2.50. The van der Waals surface area contributed by atoms with Gasteiger partial charge in [0, 0.05) is 6.04 Å². The second-order valence-corrected chi connectivity index (χ2v) is 4.22. The lowest BCUT2D eigenvalue weighted by molar-refractivity contribution is 0.0929. The highest BCUT2D eigenvalue weighted by Crippen LogP contribution is 2.17. The van der Waals surface area contributed by atoms with Gasteiger partial charge in [0.15, 0.2) is 11.5 Å². The number of anilines is 1. The van der Waals surface area contributed by atoms with E-state index in [-0.39, 0.29) is 23.5 Å². The van der Waals surface area contributed by atoms with Crippen molar-refractivity contribution in [1.29, 1.82) is 0 Å². The minimum atomic E-state index is -0.224. The van der Waals surface area contributed by atoms with Gasteiger partial charge in [-0.3, -0.25) is 4.79 Å². The summed E-state index contributed by atoms with van der Waals surface area (Å²) in [5, 5.41) is 12.7. The molecular weight excluding hydrogens is 206 g/mol. The van der Waals surface area contributed by atoms with Crippen LogP contribution in [-0.2, 0) is 0 Å². The van der Waals surface area contributed by atoms with Gasteiger partial charge in [-0.15, -0.1) is 10.2 Å². The topological polar surface area (TPSA) is 96.7 Å². The van der Waals surface area contributed by atoms with Crippen LogP contribution in [0.25, 0.3) is 0 Å². The summed E-state index contributed by atoms with van der Waals surface area (Å²) < 4.78 is 0. The Balaban J connectivity index is 1.93. The van der Waals surface area contributed by atoms with E-state index < -0.39 is 0 Å². The van der Waals surface area contributed by atoms with Gasteiger partial charge < -0.3 is 11.1 Å². The molecule has 1 amide bonds. The predicted molar refractivity (Wildman–Crippen MR) is 59.8 cm³/mol. The van der Waals surface area contributed by atoms with Crippen LogP contribution in [-0.4, -0.2) is 27.4 Å². The molecule has 1 saturated carbocycles. The van der Waals surface area contributed by atoms with Crippen molar-refractivity contribution in [3.05, 3.63) is 5.69 Å². The number of hydrogen-bond acceptors (Lipinski definition) is 4. The van der Waals surface area contributed by atoms with E-state index in [2.05, 4.69) is 20.7 Å². The Morgan fingerprint density at radius 1 is 1.25 bits per heavy atom. The number of aromatic nitrogens is 3. The lowest BCUT2D eigenvalue weighted by atomic mass is 10.1.